The molecule has 0 spiro atoms. The number of nitrogens with zero attached hydrogens (tertiary/aromatic N) is 2. The fourth-order valence-corrected chi connectivity index (χ4v) is 3.66. The van der Waals surface area contributed by atoms with E-state index in [2.05, 4.69) is 26.5 Å². The number of hydrogen-bond donors (Lipinski definition) is 1. The normalized spacial score (nSPS) is 14.0. The zero-order valence-electron chi connectivity index (χ0n) is 15.7. The summed E-state index contributed by atoms with van der Waals surface area (Å²) in [7, 11) is 0. The minimum absolute atomic E-state index is 0.0516. The lowest BCUT2D eigenvalue weighted by molar-refractivity contribution is -0.137. The van der Waals surface area contributed by atoms with E-state index >= 15 is 0 Å². The van der Waals surface area contributed by atoms with Gasteiger partial charge in [0.1, 0.15) is 5.75 Å². The molecule has 0 aliphatic carbocycles. The second kappa shape index (κ2) is 10.8. The standard InChI is InChI=1S/C20H18BrCl2N3O4/c21-16-9-13(11-24-25-20(28)15-3-2-14(22)10-17(15)23)1-4-18(16)30-12-19(27)26-5-7-29-8-6-26/h1-4,9-11H,5-8,12H2,(H,25,28)/b24-11-. The van der Waals surface area contributed by atoms with Crippen molar-refractivity contribution >= 4 is 57.2 Å². The van der Waals surface area contributed by atoms with Crippen LogP contribution in [-0.2, 0) is 9.53 Å². The highest BCUT2D eigenvalue weighted by Gasteiger charge is 2.17. The van der Waals surface area contributed by atoms with Gasteiger partial charge in [0, 0.05) is 18.1 Å². The third kappa shape index (κ3) is 6.18. The molecule has 1 heterocycles. The highest BCUT2D eigenvalue weighted by atomic mass is 79.9. The third-order valence-electron chi connectivity index (χ3n) is 4.23. The maximum absolute atomic E-state index is 12.2. The molecule has 2 amide bonds. The zero-order chi connectivity index (χ0) is 21.5. The van der Waals surface area contributed by atoms with Gasteiger partial charge in [-0.15, -0.1) is 0 Å². The van der Waals surface area contributed by atoms with Crippen LogP contribution in [0.4, 0.5) is 0 Å². The molecule has 3 rings (SSSR count). The van der Waals surface area contributed by atoms with Gasteiger partial charge in [0.15, 0.2) is 6.61 Å². The van der Waals surface area contributed by atoms with Crippen LogP contribution >= 0.6 is 39.1 Å². The average molecular weight is 515 g/mol. The van der Waals surface area contributed by atoms with Crippen LogP contribution in [-0.4, -0.2) is 55.8 Å². The van der Waals surface area contributed by atoms with E-state index in [-0.39, 0.29) is 23.1 Å². The number of nitrogens with one attached hydrogen (secondary N) is 1. The molecule has 1 aliphatic heterocycles. The van der Waals surface area contributed by atoms with Crippen LogP contribution in [0.15, 0.2) is 46.0 Å². The summed E-state index contributed by atoms with van der Waals surface area (Å²) in [5.41, 5.74) is 3.40. The maximum Gasteiger partial charge on any atom is 0.272 e. The fourth-order valence-electron chi connectivity index (χ4n) is 2.66. The van der Waals surface area contributed by atoms with Gasteiger partial charge in [0.25, 0.3) is 11.8 Å². The summed E-state index contributed by atoms with van der Waals surface area (Å²) >= 11 is 15.3. The van der Waals surface area contributed by atoms with Crippen LogP contribution in [0.1, 0.15) is 15.9 Å². The minimum Gasteiger partial charge on any atom is -0.483 e. The molecule has 1 fully saturated rings. The van der Waals surface area contributed by atoms with Gasteiger partial charge in [-0.25, -0.2) is 5.43 Å². The van der Waals surface area contributed by atoms with Crippen LogP contribution in [0.5, 0.6) is 5.75 Å². The second-order valence-corrected chi connectivity index (χ2v) is 7.99. The van der Waals surface area contributed by atoms with Crippen molar-refractivity contribution in [3.05, 3.63) is 62.0 Å². The molecule has 0 aromatic heterocycles. The van der Waals surface area contributed by atoms with Crippen LogP contribution in [0.3, 0.4) is 0 Å². The van der Waals surface area contributed by atoms with Crippen LogP contribution in [0.2, 0.25) is 10.0 Å². The Balaban J connectivity index is 1.54. The molecule has 0 unspecified atom stereocenters. The maximum atomic E-state index is 12.2. The van der Waals surface area contributed by atoms with E-state index in [9.17, 15) is 9.59 Å². The number of benzene rings is 2. The van der Waals surface area contributed by atoms with Crippen molar-refractivity contribution in [2.45, 2.75) is 0 Å². The van der Waals surface area contributed by atoms with Crippen LogP contribution < -0.4 is 10.2 Å². The topological polar surface area (TPSA) is 80.2 Å². The Morgan fingerprint density at radius 2 is 1.97 bits per heavy atom. The summed E-state index contributed by atoms with van der Waals surface area (Å²) < 4.78 is 11.5. The Kier molecular flexibility index (Phi) is 8.09. The Labute approximate surface area is 192 Å². The first-order valence-corrected chi connectivity index (χ1v) is 10.6. The number of hydrogen-bond acceptors (Lipinski definition) is 5. The largest absolute Gasteiger partial charge is 0.483 e. The fraction of sp³-hybridized carbons (Fsp3) is 0.250. The van der Waals surface area contributed by atoms with Gasteiger partial charge in [0.05, 0.1) is 34.5 Å². The first-order chi connectivity index (χ1) is 14.4. The molecule has 1 aliphatic rings. The summed E-state index contributed by atoms with van der Waals surface area (Å²) in [5.74, 6) is -0.00119. The number of morpholine rings is 1. The van der Waals surface area contributed by atoms with Gasteiger partial charge in [-0.2, -0.15) is 5.10 Å². The number of halogens is 3. The number of hydrazone groups is 1. The van der Waals surface area contributed by atoms with Crippen molar-refractivity contribution in [1.29, 1.82) is 0 Å². The predicted molar refractivity (Wildman–Crippen MR) is 119 cm³/mol. The second-order valence-electron chi connectivity index (χ2n) is 6.29. The molecule has 2 aromatic rings. The molecule has 0 radical (unpaired) electrons. The average Bonchev–Trinajstić information content (AvgIpc) is 2.73. The molecule has 158 valence electrons. The van der Waals surface area contributed by atoms with Crippen molar-refractivity contribution in [2.24, 2.45) is 5.10 Å². The Bertz CT molecular complexity index is 965. The highest BCUT2D eigenvalue weighted by molar-refractivity contribution is 9.10. The van der Waals surface area contributed by atoms with E-state index in [1.54, 1.807) is 29.2 Å². The molecule has 0 bridgehead atoms. The SMILES string of the molecule is O=C(N/N=C\c1ccc(OCC(=O)N2CCOCC2)c(Br)c1)c1ccc(Cl)cc1Cl. The van der Waals surface area contributed by atoms with Gasteiger partial charge in [-0.05, 0) is 57.9 Å². The molecular weight excluding hydrogens is 497 g/mol. The van der Waals surface area contributed by atoms with E-state index in [0.717, 1.165) is 5.56 Å². The lowest BCUT2D eigenvalue weighted by atomic mass is 10.2. The van der Waals surface area contributed by atoms with Crippen molar-refractivity contribution in [3.63, 3.8) is 0 Å². The number of ether oxygens (including phenoxy) is 2. The van der Waals surface area contributed by atoms with Crippen LogP contribution in [0.25, 0.3) is 0 Å². The summed E-state index contributed by atoms with van der Waals surface area (Å²) in [5, 5.41) is 4.62. The molecular formula is C20H18BrCl2N3O4. The van der Waals surface area contributed by atoms with Gasteiger partial charge in [-0.3, -0.25) is 9.59 Å². The Hall–Kier alpha value is -2.13. The third-order valence-corrected chi connectivity index (χ3v) is 5.39. The smallest absolute Gasteiger partial charge is 0.272 e. The highest BCUT2D eigenvalue weighted by Crippen LogP contribution is 2.25. The summed E-state index contributed by atoms with van der Waals surface area (Å²) in [6.45, 7) is 2.19. The summed E-state index contributed by atoms with van der Waals surface area (Å²) in [6, 6.07) is 9.82. The number of carbonyl (C=O) groups is 2. The van der Waals surface area contributed by atoms with E-state index in [1.807, 2.05) is 0 Å². The van der Waals surface area contributed by atoms with Crippen molar-refractivity contribution < 1.29 is 19.1 Å². The van der Waals surface area contributed by atoms with Crippen molar-refractivity contribution in [3.8, 4) is 5.75 Å². The van der Waals surface area contributed by atoms with Gasteiger partial charge in [0.2, 0.25) is 0 Å². The molecule has 0 atom stereocenters. The molecule has 1 N–H and O–H groups in total. The van der Waals surface area contributed by atoms with Gasteiger partial charge >= 0.3 is 0 Å². The van der Waals surface area contributed by atoms with Crippen LogP contribution in [0, 0.1) is 0 Å². The quantitative estimate of drug-likeness (QED) is 0.470. The molecule has 10 heteroatoms. The number of carbonyl (C=O) groups excluding carboxylic acids is 2. The molecule has 7 nitrogen and oxygen atoms in total. The number of amides is 2. The zero-order valence-corrected chi connectivity index (χ0v) is 18.8. The predicted octanol–water partition coefficient (Wildman–Crippen LogP) is 3.76. The molecule has 30 heavy (non-hydrogen) atoms. The van der Waals surface area contributed by atoms with Crippen molar-refractivity contribution in [2.75, 3.05) is 32.9 Å². The van der Waals surface area contributed by atoms with E-state index in [0.29, 0.717) is 41.5 Å². The molecule has 2 aromatic carbocycles. The van der Waals surface area contributed by atoms with E-state index in [1.165, 1.54) is 18.3 Å². The Morgan fingerprint density at radius 1 is 1.20 bits per heavy atom. The van der Waals surface area contributed by atoms with Gasteiger partial charge < -0.3 is 14.4 Å². The van der Waals surface area contributed by atoms with Gasteiger partial charge in [-0.1, -0.05) is 23.2 Å². The number of rotatable bonds is 6. The lowest BCUT2D eigenvalue weighted by Crippen LogP contribution is -2.43. The molecule has 0 saturated carbocycles. The Morgan fingerprint density at radius 3 is 2.67 bits per heavy atom. The summed E-state index contributed by atoms with van der Waals surface area (Å²) in [6.07, 6.45) is 1.48. The van der Waals surface area contributed by atoms with E-state index in [4.69, 9.17) is 32.7 Å². The van der Waals surface area contributed by atoms with E-state index < -0.39 is 5.91 Å². The minimum atomic E-state index is -0.450. The molecule has 1 saturated heterocycles. The first kappa shape index (κ1) is 22.6. The van der Waals surface area contributed by atoms with Crippen molar-refractivity contribution in [1.82, 2.24) is 10.3 Å². The first-order valence-electron chi connectivity index (χ1n) is 9.00. The summed E-state index contributed by atoms with van der Waals surface area (Å²) in [4.78, 5) is 26.0. The lowest BCUT2D eigenvalue weighted by Gasteiger charge is -2.26. The monoisotopic (exact) mass is 513 g/mol.